The summed E-state index contributed by atoms with van der Waals surface area (Å²) in [7, 11) is 2.05. The van der Waals surface area contributed by atoms with Crippen molar-refractivity contribution < 1.29 is 4.79 Å². The van der Waals surface area contributed by atoms with Crippen molar-refractivity contribution in [3.63, 3.8) is 0 Å². The van der Waals surface area contributed by atoms with E-state index in [1.54, 1.807) is 12.5 Å². The van der Waals surface area contributed by atoms with Crippen LogP contribution in [0.25, 0.3) is 5.69 Å². The van der Waals surface area contributed by atoms with Crippen molar-refractivity contribution in [1.29, 1.82) is 0 Å². The van der Waals surface area contributed by atoms with Gasteiger partial charge in [-0.3, -0.25) is 4.79 Å². The topological polar surface area (TPSA) is 34.9 Å². The van der Waals surface area contributed by atoms with E-state index in [1.165, 1.54) is 5.46 Å². The zero-order valence-corrected chi connectivity index (χ0v) is 10.2. The molecule has 0 aliphatic rings. The second kappa shape index (κ2) is 5.00. The summed E-state index contributed by atoms with van der Waals surface area (Å²) in [5, 5.41) is 0. The van der Waals surface area contributed by atoms with Crippen LogP contribution in [0.4, 0.5) is 0 Å². The number of nitrogens with zero attached hydrogens (tertiary/aromatic N) is 2. The molecule has 0 saturated carbocycles. The summed E-state index contributed by atoms with van der Waals surface area (Å²) in [4.78, 5) is 15.8. The van der Waals surface area contributed by atoms with Crippen molar-refractivity contribution >= 4 is 19.1 Å². The van der Waals surface area contributed by atoms with E-state index in [4.69, 9.17) is 0 Å². The van der Waals surface area contributed by atoms with E-state index in [2.05, 4.69) is 11.1 Å². The molecular weight excluding hydrogens is 211 g/mol. The first kappa shape index (κ1) is 11.6. The van der Waals surface area contributed by atoms with E-state index in [1.807, 2.05) is 37.5 Å². The highest BCUT2D eigenvalue weighted by Gasteiger charge is 2.08. The minimum atomic E-state index is 0.110. The number of imidazole rings is 1. The van der Waals surface area contributed by atoms with Crippen molar-refractivity contribution in [2.45, 2.75) is 19.8 Å². The van der Waals surface area contributed by atoms with E-state index < -0.39 is 0 Å². The largest absolute Gasteiger partial charge is 0.306 e. The van der Waals surface area contributed by atoms with Crippen LogP contribution in [0.3, 0.4) is 0 Å². The van der Waals surface area contributed by atoms with Gasteiger partial charge in [-0.05, 0) is 18.6 Å². The van der Waals surface area contributed by atoms with Crippen molar-refractivity contribution in [3.8, 4) is 5.69 Å². The Bertz CT molecular complexity index is 534. The van der Waals surface area contributed by atoms with Gasteiger partial charge in [0, 0.05) is 18.3 Å². The number of hydrogen-bond donors (Lipinski definition) is 0. The first-order valence-corrected chi connectivity index (χ1v) is 5.85. The second-order valence-corrected chi connectivity index (χ2v) is 4.18. The fraction of sp³-hybridized carbons (Fsp3) is 0.231. The predicted octanol–water partition coefficient (Wildman–Crippen LogP) is 1.11. The van der Waals surface area contributed by atoms with Gasteiger partial charge in [0.25, 0.3) is 0 Å². The molecule has 1 aromatic heterocycles. The lowest BCUT2D eigenvalue weighted by molar-refractivity contribution is 0.0977. The molecule has 3 nitrogen and oxygen atoms in total. The highest BCUT2D eigenvalue weighted by molar-refractivity contribution is 6.32. The fourth-order valence-corrected chi connectivity index (χ4v) is 1.75. The van der Waals surface area contributed by atoms with Crippen LogP contribution in [-0.4, -0.2) is 23.2 Å². The molecule has 0 N–H and O–H groups in total. The van der Waals surface area contributed by atoms with Crippen LogP contribution in [-0.2, 0) is 0 Å². The molecule has 86 valence electrons. The predicted molar refractivity (Wildman–Crippen MR) is 71.0 cm³/mol. The molecule has 0 amide bonds. The summed E-state index contributed by atoms with van der Waals surface area (Å²) in [6.45, 7) is 2.00. The molecule has 1 aromatic carbocycles. The lowest BCUT2D eigenvalue weighted by Gasteiger charge is -2.02. The van der Waals surface area contributed by atoms with Crippen LogP contribution in [0.5, 0.6) is 0 Å². The number of hydrogen-bond acceptors (Lipinski definition) is 2. The minimum Gasteiger partial charge on any atom is -0.306 e. The molecule has 0 bridgehead atoms. The third-order valence-corrected chi connectivity index (χ3v) is 2.65. The lowest BCUT2D eigenvalue weighted by Crippen LogP contribution is -2.03. The van der Waals surface area contributed by atoms with Gasteiger partial charge in [-0.2, -0.15) is 0 Å². The van der Waals surface area contributed by atoms with E-state index in [0.29, 0.717) is 12.1 Å². The Balaban J connectivity index is 2.27. The molecule has 1 heterocycles. The molecule has 0 unspecified atom stereocenters. The number of carbonyl (C=O) groups excluding carboxylic acids is 1. The summed E-state index contributed by atoms with van der Waals surface area (Å²) in [5.74, 6) is 0.110. The second-order valence-electron chi connectivity index (χ2n) is 4.18. The molecule has 0 atom stereocenters. The van der Waals surface area contributed by atoms with Crippen molar-refractivity contribution in [3.05, 3.63) is 42.5 Å². The Labute approximate surface area is 102 Å². The van der Waals surface area contributed by atoms with Gasteiger partial charge in [-0.1, -0.05) is 24.5 Å². The highest BCUT2D eigenvalue weighted by Crippen LogP contribution is 2.08. The molecule has 0 aliphatic heterocycles. The number of aromatic nitrogens is 2. The van der Waals surface area contributed by atoms with Crippen LogP contribution in [0.2, 0.25) is 0 Å². The maximum Gasteiger partial charge on any atom is 0.182 e. The average Bonchev–Trinajstić information content (AvgIpc) is 2.78. The molecule has 2 aromatic rings. The molecule has 2 rings (SSSR count). The van der Waals surface area contributed by atoms with Crippen LogP contribution in [0.1, 0.15) is 30.3 Å². The van der Waals surface area contributed by atoms with Gasteiger partial charge in [-0.15, -0.1) is 0 Å². The first-order chi connectivity index (χ1) is 8.20. The number of benzene rings is 1. The number of rotatable bonds is 4. The summed E-state index contributed by atoms with van der Waals surface area (Å²) in [5.41, 5.74) is 2.78. The Morgan fingerprint density at radius 3 is 3.00 bits per heavy atom. The molecule has 0 radical (unpaired) electrons. The van der Waals surface area contributed by atoms with Crippen LogP contribution in [0.15, 0.2) is 36.8 Å². The zero-order valence-electron chi connectivity index (χ0n) is 10.2. The highest BCUT2D eigenvalue weighted by atomic mass is 16.1. The quantitative estimate of drug-likeness (QED) is 0.578. The number of carbonyl (C=O) groups is 1. The minimum absolute atomic E-state index is 0.110. The molecule has 0 aliphatic carbocycles. The monoisotopic (exact) mass is 226 g/mol. The SMILES string of the molecule is Bc1cccc(-n2cnc(C(=O)CCC)c2)c1. The lowest BCUT2D eigenvalue weighted by atomic mass is 9.96. The summed E-state index contributed by atoms with van der Waals surface area (Å²) in [6.07, 6.45) is 4.91. The van der Waals surface area contributed by atoms with E-state index >= 15 is 0 Å². The number of ketones is 1. The van der Waals surface area contributed by atoms with Gasteiger partial charge in [0.1, 0.15) is 19.9 Å². The third-order valence-electron chi connectivity index (χ3n) is 2.65. The van der Waals surface area contributed by atoms with E-state index in [0.717, 1.165) is 12.1 Å². The summed E-state index contributed by atoms with van der Waals surface area (Å²) >= 11 is 0. The van der Waals surface area contributed by atoms with Gasteiger partial charge in [0.2, 0.25) is 0 Å². The Morgan fingerprint density at radius 1 is 1.47 bits per heavy atom. The Hall–Kier alpha value is -1.84. The standard InChI is InChI=1S/C13H15BN2O/c1-2-4-13(17)12-8-16(9-15-12)11-6-3-5-10(14)7-11/h3,5-9H,2,4,14H2,1H3. The van der Waals surface area contributed by atoms with Gasteiger partial charge >= 0.3 is 0 Å². The fourth-order valence-electron chi connectivity index (χ4n) is 1.75. The van der Waals surface area contributed by atoms with E-state index in [9.17, 15) is 4.79 Å². The Morgan fingerprint density at radius 2 is 2.29 bits per heavy atom. The van der Waals surface area contributed by atoms with Gasteiger partial charge in [0.05, 0.1) is 0 Å². The van der Waals surface area contributed by atoms with Gasteiger partial charge < -0.3 is 4.57 Å². The zero-order chi connectivity index (χ0) is 12.3. The summed E-state index contributed by atoms with van der Waals surface area (Å²) < 4.78 is 1.88. The molecule has 4 heteroatoms. The normalized spacial score (nSPS) is 10.4. The van der Waals surface area contributed by atoms with Crippen molar-refractivity contribution in [2.75, 3.05) is 0 Å². The average molecular weight is 226 g/mol. The molecule has 0 saturated heterocycles. The molecule has 0 fully saturated rings. The smallest absolute Gasteiger partial charge is 0.182 e. The Kier molecular flexibility index (Phi) is 3.42. The molecule has 17 heavy (non-hydrogen) atoms. The van der Waals surface area contributed by atoms with Crippen molar-refractivity contribution in [1.82, 2.24) is 9.55 Å². The van der Waals surface area contributed by atoms with Gasteiger partial charge in [0.15, 0.2) is 5.78 Å². The van der Waals surface area contributed by atoms with Crippen LogP contribution >= 0.6 is 0 Å². The van der Waals surface area contributed by atoms with Crippen molar-refractivity contribution in [2.24, 2.45) is 0 Å². The van der Waals surface area contributed by atoms with Crippen LogP contribution < -0.4 is 5.46 Å². The maximum atomic E-state index is 11.7. The summed E-state index contributed by atoms with van der Waals surface area (Å²) in [6, 6.07) is 8.11. The molecule has 0 spiro atoms. The third kappa shape index (κ3) is 2.64. The molecular formula is C13H15BN2O. The first-order valence-electron chi connectivity index (χ1n) is 5.85. The number of Topliss-reactive ketones (excluding diaryl/α,β-unsaturated/α-hetero) is 1. The van der Waals surface area contributed by atoms with E-state index in [-0.39, 0.29) is 5.78 Å². The maximum absolute atomic E-state index is 11.7. The van der Waals surface area contributed by atoms with Gasteiger partial charge in [-0.25, -0.2) is 4.98 Å². The van der Waals surface area contributed by atoms with Crippen LogP contribution in [0, 0.1) is 0 Å².